The molecule has 3 aromatic rings. The molecular weight excluding hydrogens is 384 g/mol. The number of aromatic nitrogens is 2. The van der Waals surface area contributed by atoms with Crippen molar-refractivity contribution in [2.45, 2.75) is 32.7 Å². The van der Waals surface area contributed by atoms with E-state index in [9.17, 15) is 5.11 Å². The quantitative estimate of drug-likeness (QED) is 0.693. The summed E-state index contributed by atoms with van der Waals surface area (Å²) >= 11 is 0. The lowest BCUT2D eigenvalue weighted by atomic mass is 9.98. The zero-order chi connectivity index (χ0) is 21.2. The number of fused-ring (bicyclic) bond motifs is 1. The van der Waals surface area contributed by atoms with Crippen LogP contribution in [0, 0.1) is 12.8 Å². The van der Waals surface area contributed by atoms with E-state index in [1.54, 1.807) is 0 Å². The number of aryl methyl sites for hydroxylation is 1. The number of benzene rings is 2. The number of nitrogens with zero attached hydrogens (tertiary/aromatic N) is 4. The minimum Gasteiger partial charge on any atom is -0.396 e. The van der Waals surface area contributed by atoms with E-state index in [1.807, 2.05) is 0 Å². The average Bonchev–Trinajstić information content (AvgIpc) is 2.84. The van der Waals surface area contributed by atoms with Crippen molar-refractivity contribution in [3.63, 3.8) is 0 Å². The van der Waals surface area contributed by atoms with E-state index < -0.39 is 0 Å². The van der Waals surface area contributed by atoms with E-state index in [0.717, 1.165) is 68.5 Å². The van der Waals surface area contributed by atoms with Gasteiger partial charge in [0.15, 0.2) is 5.82 Å². The van der Waals surface area contributed by atoms with Crippen LogP contribution in [0.15, 0.2) is 54.6 Å². The fourth-order valence-electron chi connectivity index (χ4n) is 4.73. The Morgan fingerprint density at radius 1 is 0.871 bits per heavy atom. The number of piperidine rings is 1. The van der Waals surface area contributed by atoms with Gasteiger partial charge in [0.1, 0.15) is 11.6 Å². The number of hydrogen-bond acceptors (Lipinski definition) is 5. The Labute approximate surface area is 184 Å². The predicted octanol–water partition coefficient (Wildman–Crippen LogP) is 4.22. The Bertz CT molecular complexity index is 1060. The van der Waals surface area contributed by atoms with E-state index in [0.29, 0.717) is 5.92 Å². The normalized spacial score (nSPS) is 17.0. The summed E-state index contributed by atoms with van der Waals surface area (Å²) in [5.41, 5.74) is 5.11. The molecule has 1 saturated heterocycles. The molecule has 5 nitrogen and oxygen atoms in total. The molecule has 0 aliphatic carbocycles. The zero-order valence-electron chi connectivity index (χ0n) is 18.2. The summed E-state index contributed by atoms with van der Waals surface area (Å²) in [5.74, 6) is 3.21. The molecule has 31 heavy (non-hydrogen) atoms. The summed E-state index contributed by atoms with van der Waals surface area (Å²) in [7, 11) is 0. The number of aliphatic hydroxyl groups is 1. The fourth-order valence-corrected chi connectivity index (χ4v) is 4.73. The maximum Gasteiger partial charge on any atom is 0.164 e. The summed E-state index contributed by atoms with van der Waals surface area (Å²) in [6.45, 7) is 6.11. The largest absolute Gasteiger partial charge is 0.396 e. The first-order chi connectivity index (χ1) is 15.2. The van der Waals surface area contributed by atoms with Crippen LogP contribution in [0.2, 0.25) is 0 Å². The van der Waals surface area contributed by atoms with Gasteiger partial charge in [-0.25, -0.2) is 9.97 Å². The third-order valence-corrected chi connectivity index (χ3v) is 6.74. The van der Waals surface area contributed by atoms with Gasteiger partial charge in [-0.1, -0.05) is 48.5 Å². The van der Waals surface area contributed by atoms with Crippen LogP contribution in [0.3, 0.4) is 0 Å². The summed E-state index contributed by atoms with van der Waals surface area (Å²) in [6, 6.07) is 19.2. The summed E-state index contributed by atoms with van der Waals surface area (Å²) in [5, 5.41) is 9.51. The minimum atomic E-state index is 0.282. The predicted molar refractivity (Wildman–Crippen MR) is 125 cm³/mol. The Kier molecular flexibility index (Phi) is 5.60. The highest BCUT2D eigenvalue weighted by Crippen LogP contribution is 2.31. The molecule has 2 aliphatic heterocycles. The minimum absolute atomic E-state index is 0.282. The van der Waals surface area contributed by atoms with Crippen LogP contribution in [0.1, 0.15) is 29.5 Å². The van der Waals surface area contributed by atoms with E-state index in [1.165, 1.54) is 16.7 Å². The average molecular weight is 415 g/mol. The molecular formula is C26H30N4O. The Morgan fingerprint density at radius 2 is 1.55 bits per heavy atom. The number of hydrogen-bond donors (Lipinski definition) is 1. The van der Waals surface area contributed by atoms with Crippen LogP contribution in [-0.2, 0) is 13.0 Å². The molecule has 3 heterocycles. The smallest absolute Gasteiger partial charge is 0.164 e. The Hall–Kier alpha value is -2.92. The fraction of sp³-hybridized carbons (Fsp3) is 0.385. The maximum absolute atomic E-state index is 9.51. The first-order valence-electron chi connectivity index (χ1n) is 11.3. The van der Waals surface area contributed by atoms with Gasteiger partial charge in [0.05, 0.1) is 0 Å². The van der Waals surface area contributed by atoms with Crippen LogP contribution in [0.25, 0.3) is 11.4 Å². The lowest BCUT2D eigenvalue weighted by Crippen LogP contribution is -2.36. The van der Waals surface area contributed by atoms with E-state index in [4.69, 9.17) is 9.97 Å². The van der Waals surface area contributed by atoms with Gasteiger partial charge in [0, 0.05) is 44.4 Å². The highest BCUT2D eigenvalue weighted by molar-refractivity contribution is 5.65. The van der Waals surface area contributed by atoms with Gasteiger partial charge in [-0.05, 0) is 48.8 Å². The van der Waals surface area contributed by atoms with E-state index in [2.05, 4.69) is 71.3 Å². The third-order valence-electron chi connectivity index (χ3n) is 6.74. The number of anilines is 2. The van der Waals surface area contributed by atoms with E-state index in [-0.39, 0.29) is 6.61 Å². The molecule has 1 fully saturated rings. The SMILES string of the molecule is Cc1ccccc1-c1nc(N2CCC(CO)CC2)cc(N2CCc3ccccc3C2)n1. The Morgan fingerprint density at radius 3 is 2.29 bits per heavy atom. The van der Waals surface area contributed by atoms with Crippen molar-refractivity contribution in [1.82, 2.24) is 9.97 Å². The second kappa shape index (κ2) is 8.67. The third kappa shape index (κ3) is 4.15. The van der Waals surface area contributed by atoms with Gasteiger partial charge in [0.2, 0.25) is 0 Å². The highest BCUT2D eigenvalue weighted by Gasteiger charge is 2.23. The van der Waals surface area contributed by atoms with Crippen molar-refractivity contribution in [3.8, 4) is 11.4 Å². The summed E-state index contributed by atoms with van der Waals surface area (Å²) in [6.07, 6.45) is 3.05. The molecule has 2 aromatic carbocycles. The zero-order valence-corrected chi connectivity index (χ0v) is 18.2. The summed E-state index contributed by atoms with van der Waals surface area (Å²) < 4.78 is 0. The molecule has 0 bridgehead atoms. The monoisotopic (exact) mass is 414 g/mol. The number of rotatable bonds is 4. The molecule has 0 amide bonds. The van der Waals surface area contributed by atoms with Crippen molar-refractivity contribution in [2.24, 2.45) is 5.92 Å². The summed E-state index contributed by atoms with van der Waals surface area (Å²) in [4.78, 5) is 14.8. The lowest BCUT2D eigenvalue weighted by Gasteiger charge is -2.34. The first-order valence-corrected chi connectivity index (χ1v) is 11.3. The molecule has 160 valence electrons. The molecule has 2 aliphatic rings. The van der Waals surface area contributed by atoms with Crippen LogP contribution in [0.5, 0.6) is 0 Å². The molecule has 5 rings (SSSR count). The second-order valence-corrected chi connectivity index (χ2v) is 8.78. The topological polar surface area (TPSA) is 52.5 Å². The number of aliphatic hydroxyl groups excluding tert-OH is 1. The van der Waals surface area contributed by atoms with Gasteiger partial charge in [-0.2, -0.15) is 0 Å². The second-order valence-electron chi connectivity index (χ2n) is 8.78. The van der Waals surface area contributed by atoms with Crippen molar-refractivity contribution in [2.75, 3.05) is 36.0 Å². The highest BCUT2D eigenvalue weighted by atomic mass is 16.3. The molecule has 0 saturated carbocycles. The Balaban J connectivity index is 1.52. The van der Waals surface area contributed by atoms with Gasteiger partial charge in [0.25, 0.3) is 0 Å². The maximum atomic E-state index is 9.51. The van der Waals surface area contributed by atoms with Crippen molar-refractivity contribution >= 4 is 11.6 Å². The molecule has 0 spiro atoms. The van der Waals surface area contributed by atoms with Crippen molar-refractivity contribution < 1.29 is 5.11 Å². The molecule has 0 unspecified atom stereocenters. The standard InChI is InChI=1S/C26H30N4O/c1-19-6-2-5-9-23(19)26-27-24(29-13-10-20(18-31)11-14-29)16-25(28-26)30-15-12-21-7-3-4-8-22(21)17-30/h2-9,16,20,31H,10-15,17-18H2,1H3. The van der Waals surface area contributed by atoms with Crippen LogP contribution in [0.4, 0.5) is 11.6 Å². The van der Waals surface area contributed by atoms with Crippen molar-refractivity contribution in [1.29, 1.82) is 0 Å². The van der Waals surface area contributed by atoms with Gasteiger partial charge in [-0.15, -0.1) is 0 Å². The van der Waals surface area contributed by atoms with Crippen LogP contribution in [-0.4, -0.2) is 41.3 Å². The van der Waals surface area contributed by atoms with Gasteiger partial charge < -0.3 is 14.9 Å². The van der Waals surface area contributed by atoms with Crippen LogP contribution < -0.4 is 9.80 Å². The molecule has 5 heteroatoms. The lowest BCUT2D eigenvalue weighted by molar-refractivity contribution is 0.203. The van der Waals surface area contributed by atoms with E-state index >= 15 is 0 Å². The van der Waals surface area contributed by atoms with Gasteiger partial charge >= 0.3 is 0 Å². The molecule has 0 radical (unpaired) electrons. The van der Waals surface area contributed by atoms with Crippen LogP contribution >= 0.6 is 0 Å². The molecule has 1 N–H and O–H groups in total. The molecule has 0 atom stereocenters. The molecule has 1 aromatic heterocycles. The van der Waals surface area contributed by atoms with Crippen molar-refractivity contribution in [3.05, 3.63) is 71.3 Å². The first kappa shape index (κ1) is 20.0. The van der Waals surface area contributed by atoms with Gasteiger partial charge in [-0.3, -0.25) is 0 Å².